The van der Waals surface area contributed by atoms with E-state index >= 15 is 0 Å². The maximum Gasteiger partial charge on any atom is 0.264 e. The minimum atomic E-state index is -0.487. The van der Waals surface area contributed by atoms with Crippen LogP contribution in [0.4, 0.5) is 4.39 Å². The Kier molecular flexibility index (Phi) is 7.28. The summed E-state index contributed by atoms with van der Waals surface area (Å²) < 4.78 is 13.1. The first kappa shape index (κ1) is 21.9. The van der Waals surface area contributed by atoms with Gasteiger partial charge in [0, 0.05) is 23.2 Å². The van der Waals surface area contributed by atoms with Crippen molar-refractivity contribution in [3.05, 3.63) is 76.6 Å². The first-order valence-corrected chi connectivity index (χ1v) is 10.2. The van der Waals surface area contributed by atoms with Crippen molar-refractivity contribution in [1.82, 2.24) is 10.6 Å². The number of nitrogens with one attached hydrogen (secondary N) is 2. The molecule has 1 aliphatic rings. The molecule has 1 heterocycles. The lowest BCUT2D eigenvalue weighted by molar-refractivity contribution is -0.117. The van der Waals surface area contributed by atoms with E-state index in [1.807, 2.05) is 6.07 Å². The fourth-order valence-corrected chi connectivity index (χ4v) is 3.25. The van der Waals surface area contributed by atoms with Crippen molar-refractivity contribution in [3.63, 3.8) is 0 Å². The van der Waals surface area contributed by atoms with Gasteiger partial charge in [-0.15, -0.1) is 0 Å². The number of amides is 2. The van der Waals surface area contributed by atoms with Crippen LogP contribution in [-0.2, 0) is 4.79 Å². The number of unbranched alkanes of at least 4 members (excludes halogenated alkanes) is 3. The Hall–Kier alpha value is -3.79. The van der Waals surface area contributed by atoms with Crippen molar-refractivity contribution < 1.29 is 14.0 Å². The molecule has 0 fully saturated rings. The van der Waals surface area contributed by atoms with Gasteiger partial charge in [-0.2, -0.15) is 5.26 Å². The monoisotopic (exact) mass is 418 g/mol. The number of benzene rings is 2. The van der Waals surface area contributed by atoms with E-state index < -0.39 is 17.6 Å². The van der Waals surface area contributed by atoms with Gasteiger partial charge in [0.25, 0.3) is 11.8 Å². The number of hydrogen-bond acceptors (Lipinski definition) is 4. The van der Waals surface area contributed by atoms with E-state index in [0.29, 0.717) is 17.7 Å². The van der Waals surface area contributed by atoms with Crippen molar-refractivity contribution in [2.45, 2.75) is 32.6 Å². The summed E-state index contributed by atoms with van der Waals surface area (Å²) in [6.07, 6.45) is 4.04. The van der Waals surface area contributed by atoms with Gasteiger partial charge in [-0.05, 0) is 30.7 Å². The summed E-state index contributed by atoms with van der Waals surface area (Å²) in [6, 6.07) is 14.1. The molecule has 0 radical (unpaired) electrons. The zero-order chi connectivity index (χ0) is 22.2. The van der Waals surface area contributed by atoms with Crippen molar-refractivity contribution in [2.75, 3.05) is 6.54 Å². The quantitative estimate of drug-likeness (QED) is 0.405. The highest BCUT2D eigenvalue weighted by molar-refractivity contribution is 6.20. The van der Waals surface area contributed by atoms with Crippen LogP contribution < -0.4 is 10.6 Å². The smallest absolute Gasteiger partial charge is 0.264 e. The summed E-state index contributed by atoms with van der Waals surface area (Å²) in [5.41, 5.74) is 1.59. The third-order valence-electron chi connectivity index (χ3n) is 4.89. The molecule has 0 atom stereocenters. The molecule has 0 aromatic heterocycles. The van der Waals surface area contributed by atoms with Gasteiger partial charge in [-0.3, -0.25) is 9.59 Å². The number of carbonyl (C=O) groups excluding carboxylic acids is 2. The molecular weight excluding hydrogens is 395 g/mol. The Morgan fingerprint density at radius 1 is 1.03 bits per heavy atom. The number of hydrogen-bond donors (Lipinski definition) is 2. The molecule has 3 rings (SSSR count). The number of amidine groups is 1. The molecule has 158 valence electrons. The maximum absolute atomic E-state index is 13.1. The molecule has 6 nitrogen and oxygen atoms in total. The number of halogens is 1. The summed E-state index contributed by atoms with van der Waals surface area (Å²) in [4.78, 5) is 29.6. The maximum atomic E-state index is 13.1. The fourth-order valence-electron chi connectivity index (χ4n) is 3.25. The van der Waals surface area contributed by atoms with Crippen molar-refractivity contribution >= 4 is 23.3 Å². The number of nitrogens with zero attached hydrogens (tertiary/aromatic N) is 2. The topological polar surface area (TPSA) is 94.3 Å². The molecule has 0 spiro atoms. The highest BCUT2D eigenvalue weighted by Crippen LogP contribution is 2.30. The standard InChI is InChI=1S/C24H23FN4O2/c1-2-3-4-7-14-27-24(31)20(15-26)21-18-8-5-6-9-19(18)22(28-21)29-23(30)16-10-12-17(25)13-11-16/h5-6,8-13H,2-4,7,14H2,1H3,(H,27,31)(H,28,29,30). The summed E-state index contributed by atoms with van der Waals surface area (Å²) in [6.45, 7) is 2.59. The predicted octanol–water partition coefficient (Wildman–Crippen LogP) is 3.95. The molecule has 0 unspecified atom stereocenters. The van der Waals surface area contributed by atoms with Crippen molar-refractivity contribution in [3.8, 4) is 6.07 Å². The second-order valence-corrected chi connectivity index (χ2v) is 7.12. The largest absolute Gasteiger partial charge is 0.351 e. The van der Waals surface area contributed by atoms with Crippen LogP contribution in [0.15, 0.2) is 59.1 Å². The van der Waals surface area contributed by atoms with Crippen LogP contribution in [0.2, 0.25) is 0 Å². The minimum absolute atomic E-state index is 0.103. The zero-order valence-corrected chi connectivity index (χ0v) is 17.2. The van der Waals surface area contributed by atoms with E-state index in [0.717, 1.165) is 25.7 Å². The van der Waals surface area contributed by atoms with E-state index in [9.17, 15) is 19.2 Å². The minimum Gasteiger partial charge on any atom is -0.351 e. The van der Waals surface area contributed by atoms with Gasteiger partial charge in [-0.25, -0.2) is 9.38 Å². The Bertz CT molecular complexity index is 1080. The average Bonchev–Trinajstić information content (AvgIpc) is 3.13. The molecule has 0 saturated carbocycles. The lowest BCUT2D eigenvalue weighted by atomic mass is 10.0. The van der Waals surface area contributed by atoms with Gasteiger partial charge in [0.05, 0.1) is 5.70 Å². The molecule has 1 aliphatic heterocycles. The summed E-state index contributed by atoms with van der Waals surface area (Å²) in [5, 5.41) is 15.1. The molecule has 7 heteroatoms. The molecule has 2 aromatic carbocycles. The molecule has 31 heavy (non-hydrogen) atoms. The van der Waals surface area contributed by atoms with E-state index in [1.54, 1.807) is 24.3 Å². The highest BCUT2D eigenvalue weighted by Gasteiger charge is 2.27. The first-order valence-electron chi connectivity index (χ1n) is 10.2. The SMILES string of the molecule is CCCCCCNC(=O)C(C#N)=C1N=C(NC(=O)c2ccc(F)cc2)c2ccccc21. The van der Waals surface area contributed by atoms with Gasteiger partial charge in [0.15, 0.2) is 0 Å². The Balaban J connectivity index is 1.85. The van der Waals surface area contributed by atoms with Crippen LogP contribution in [0, 0.1) is 17.1 Å². The number of nitriles is 1. The highest BCUT2D eigenvalue weighted by atomic mass is 19.1. The summed E-state index contributed by atoms with van der Waals surface area (Å²) in [5.74, 6) is -1.15. The predicted molar refractivity (Wildman–Crippen MR) is 117 cm³/mol. The zero-order valence-electron chi connectivity index (χ0n) is 17.2. The van der Waals surface area contributed by atoms with Gasteiger partial charge >= 0.3 is 0 Å². The molecule has 0 aliphatic carbocycles. The Labute approximate surface area is 180 Å². The van der Waals surface area contributed by atoms with Crippen molar-refractivity contribution in [1.29, 1.82) is 5.26 Å². The van der Waals surface area contributed by atoms with E-state index in [4.69, 9.17) is 0 Å². The summed E-state index contributed by atoms with van der Waals surface area (Å²) in [7, 11) is 0. The van der Waals surface area contributed by atoms with Crippen LogP contribution in [0.1, 0.15) is 54.1 Å². The fraction of sp³-hybridized carbons (Fsp3) is 0.250. The lowest BCUT2D eigenvalue weighted by Gasteiger charge is -2.06. The molecular formula is C24H23FN4O2. The molecule has 0 bridgehead atoms. The summed E-state index contributed by atoms with van der Waals surface area (Å²) >= 11 is 0. The molecule has 2 N–H and O–H groups in total. The van der Waals surface area contributed by atoms with Crippen molar-refractivity contribution in [2.24, 2.45) is 4.99 Å². The van der Waals surface area contributed by atoms with Crippen LogP contribution in [0.3, 0.4) is 0 Å². The van der Waals surface area contributed by atoms with Gasteiger partial charge in [0.1, 0.15) is 23.3 Å². The number of rotatable bonds is 7. The second-order valence-electron chi connectivity index (χ2n) is 7.12. The van der Waals surface area contributed by atoms with E-state index in [2.05, 4.69) is 22.5 Å². The van der Waals surface area contributed by atoms with Crippen LogP contribution in [-0.4, -0.2) is 24.2 Å². The Morgan fingerprint density at radius 2 is 1.74 bits per heavy atom. The van der Waals surface area contributed by atoms with Crippen LogP contribution in [0.25, 0.3) is 5.70 Å². The third kappa shape index (κ3) is 5.23. The molecule has 2 aromatic rings. The van der Waals surface area contributed by atoms with E-state index in [1.165, 1.54) is 24.3 Å². The molecule has 0 saturated heterocycles. The normalized spacial score (nSPS) is 13.6. The first-order chi connectivity index (χ1) is 15.0. The van der Waals surface area contributed by atoms with Gasteiger partial charge < -0.3 is 10.6 Å². The third-order valence-corrected chi connectivity index (χ3v) is 4.89. The molecule has 2 amide bonds. The van der Waals surface area contributed by atoms with E-state index in [-0.39, 0.29) is 22.7 Å². The van der Waals surface area contributed by atoms with Crippen LogP contribution >= 0.6 is 0 Å². The Morgan fingerprint density at radius 3 is 2.42 bits per heavy atom. The number of carbonyl (C=O) groups is 2. The van der Waals surface area contributed by atoms with Crippen LogP contribution in [0.5, 0.6) is 0 Å². The number of aliphatic imine (C=N–C) groups is 1. The lowest BCUT2D eigenvalue weighted by Crippen LogP contribution is -2.30. The van der Waals surface area contributed by atoms with Gasteiger partial charge in [0.2, 0.25) is 0 Å². The van der Waals surface area contributed by atoms with Gasteiger partial charge in [-0.1, -0.05) is 50.5 Å². The number of fused-ring (bicyclic) bond motifs is 1. The second kappa shape index (κ2) is 10.3. The average molecular weight is 418 g/mol.